The molecule has 0 aliphatic carbocycles. The van der Waals surface area contributed by atoms with Crippen LogP contribution in [-0.2, 0) is 4.79 Å². The minimum absolute atomic E-state index is 0.0267. The van der Waals surface area contributed by atoms with Gasteiger partial charge in [-0.1, -0.05) is 19.1 Å². The van der Waals surface area contributed by atoms with Crippen LogP contribution in [-0.4, -0.2) is 5.78 Å². The monoisotopic (exact) mass is 198 g/mol. The molecular weight excluding hydrogens is 186 g/mol. The molecule has 76 valence electrons. The van der Waals surface area contributed by atoms with Crippen molar-refractivity contribution in [1.82, 2.24) is 0 Å². The Hall–Kier alpha value is -1.25. The first-order valence-corrected chi connectivity index (χ1v) is 4.45. The normalized spacial score (nSPS) is 12.6. The van der Waals surface area contributed by atoms with E-state index < -0.39 is 11.6 Å². The SMILES string of the molecule is CC(=O)CC(C)c1cccc(F)c1F. The van der Waals surface area contributed by atoms with E-state index in [1.165, 1.54) is 19.1 Å². The summed E-state index contributed by atoms with van der Waals surface area (Å²) in [6.07, 6.45) is 0.236. The smallest absolute Gasteiger partial charge is 0.162 e. The number of rotatable bonds is 3. The highest BCUT2D eigenvalue weighted by atomic mass is 19.2. The van der Waals surface area contributed by atoms with Crippen molar-refractivity contribution in [3.8, 4) is 0 Å². The van der Waals surface area contributed by atoms with Crippen LogP contribution in [0, 0.1) is 11.6 Å². The lowest BCUT2D eigenvalue weighted by atomic mass is 9.95. The number of hydrogen-bond acceptors (Lipinski definition) is 1. The molecule has 0 radical (unpaired) electrons. The van der Waals surface area contributed by atoms with Crippen LogP contribution in [0.3, 0.4) is 0 Å². The van der Waals surface area contributed by atoms with Gasteiger partial charge in [-0.2, -0.15) is 0 Å². The summed E-state index contributed by atoms with van der Waals surface area (Å²) in [6, 6.07) is 4.02. The second kappa shape index (κ2) is 4.31. The average Bonchev–Trinajstić information content (AvgIpc) is 2.08. The van der Waals surface area contributed by atoms with Crippen LogP contribution in [0.5, 0.6) is 0 Å². The molecule has 0 saturated heterocycles. The molecule has 1 unspecified atom stereocenters. The summed E-state index contributed by atoms with van der Waals surface area (Å²) >= 11 is 0. The van der Waals surface area contributed by atoms with E-state index in [1.54, 1.807) is 6.92 Å². The van der Waals surface area contributed by atoms with Crippen molar-refractivity contribution in [2.45, 2.75) is 26.2 Å². The van der Waals surface area contributed by atoms with Gasteiger partial charge in [-0.15, -0.1) is 0 Å². The van der Waals surface area contributed by atoms with Gasteiger partial charge in [0.25, 0.3) is 0 Å². The lowest BCUT2D eigenvalue weighted by Crippen LogP contribution is -2.03. The summed E-state index contributed by atoms with van der Waals surface area (Å²) in [7, 11) is 0. The highest BCUT2D eigenvalue weighted by molar-refractivity contribution is 5.76. The Morgan fingerprint density at radius 2 is 2.07 bits per heavy atom. The van der Waals surface area contributed by atoms with Gasteiger partial charge in [0.15, 0.2) is 11.6 Å². The van der Waals surface area contributed by atoms with Crippen molar-refractivity contribution in [2.24, 2.45) is 0 Å². The molecule has 0 amide bonds. The summed E-state index contributed by atoms with van der Waals surface area (Å²) in [5.41, 5.74) is 0.264. The maximum absolute atomic E-state index is 13.2. The van der Waals surface area contributed by atoms with Gasteiger partial charge in [0.05, 0.1) is 0 Å². The van der Waals surface area contributed by atoms with Gasteiger partial charge in [-0.05, 0) is 24.5 Å². The van der Waals surface area contributed by atoms with Crippen molar-refractivity contribution in [3.63, 3.8) is 0 Å². The molecule has 1 aromatic carbocycles. The minimum atomic E-state index is -0.863. The molecule has 1 rings (SSSR count). The van der Waals surface area contributed by atoms with Gasteiger partial charge < -0.3 is 4.79 Å². The van der Waals surface area contributed by atoms with E-state index in [2.05, 4.69) is 0 Å². The lowest BCUT2D eigenvalue weighted by molar-refractivity contribution is -0.117. The van der Waals surface area contributed by atoms with Crippen molar-refractivity contribution in [1.29, 1.82) is 0 Å². The Morgan fingerprint density at radius 3 is 2.64 bits per heavy atom. The van der Waals surface area contributed by atoms with Gasteiger partial charge in [0, 0.05) is 6.42 Å². The fourth-order valence-corrected chi connectivity index (χ4v) is 1.44. The standard InChI is InChI=1S/C11H12F2O/c1-7(6-8(2)14)9-4-3-5-10(12)11(9)13/h3-5,7H,6H2,1-2H3. The molecular formula is C11H12F2O. The fraction of sp³-hybridized carbons (Fsp3) is 0.364. The van der Waals surface area contributed by atoms with E-state index in [0.29, 0.717) is 0 Å². The zero-order valence-corrected chi connectivity index (χ0v) is 8.18. The van der Waals surface area contributed by atoms with Crippen molar-refractivity contribution in [2.75, 3.05) is 0 Å². The molecule has 0 fully saturated rings. The highest BCUT2D eigenvalue weighted by Crippen LogP contribution is 2.23. The molecule has 0 heterocycles. The Kier molecular flexibility index (Phi) is 3.33. The van der Waals surface area contributed by atoms with Crippen LogP contribution in [0.2, 0.25) is 0 Å². The van der Waals surface area contributed by atoms with E-state index in [4.69, 9.17) is 0 Å². The molecule has 3 heteroatoms. The van der Waals surface area contributed by atoms with Gasteiger partial charge >= 0.3 is 0 Å². The second-order valence-electron chi connectivity index (χ2n) is 3.45. The first kappa shape index (κ1) is 10.8. The van der Waals surface area contributed by atoms with Crippen molar-refractivity contribution >= 4 is 5.78 Å². The third-order valence-corrected chi connectivity index (χ3v) is 2.11. The van der Waals surface area contributed by atoms with Crippen LogP contribution in [0.25, 0.3) is 0 Å². The predicted octanol–water partition coefficient (Wildman–Crippen LogP) is 3.05. The maximum atomic E-state index is 13.2. The summed E-state index contributed by atoms with van der Waals surface area (Å²) in [5.74, 6) is -2.01. The first-order valence-electron chi connectivity index (χ1n) is 4.45. The van der Waals surface area contributed by atoms with Gasteiger partial charge in [-0.25, -0.2) is 8.78 Å². The number of ketones is 1. The summed E-state index contributed by atoms with van der Waals surface area (Å²) < 4.78 is 26.0. The van der Waals surface area contributed by atoms with E-state index >= 15 is 0 Å². The van der Waals surface area contributed by atoms with Crippen LogP contribution in [0.1, 0.15) is 31.7 Å². The molecule has 0 spiro atoms. The van der Waals surface area contributed by atoms with E-state index in [1.807, 2.05) is 0 Å². The van der Waals surface area contributed by atoms with E-state index in [9.17, 15) is 13.6 Å². The highest BCUT2D eigenvalue weighted by Gasteiger charge is 2.15. The maximum Gasteiger partial charge on any atom is 0.162 e. The third-order valence-electron chi connectivity index (χ3n) is 2.11. The zero-order chi connectivity index (χ0) is 10.7. The minimum Gasteiger partial charge on any atom is -0.300 e. The molecule has 0 saturated carbocycles. The molecule has 1 nitrogen and oxygen atoms in total. The quantitative estimate of drug-likeness (QED) is 0.729. The Labute approximate surface area is 81.7 Å². The van der Waals surface area contributed by atoms with E-state index in [-0.39, 0.29) is 23.7 Å². The molecule has 1 atom stereocenters. The molecule has 0 aliphatic rings. The summed E-state index contributed by atoms with van der Waals surface area (Å²) in [6.45, 7) is 3.15. The molecule has 0 N–H and O–H groups in total. The van der Waals surface area contributed by atoms with E-state index in [0.717, 1.165) is 6.07 Å². The Morgan fingerprint density at radius 1 is 1.43 bits per heavy atom. The predicted molar refractivity (Wildman–Crippen MR) is 50.1 cm³/mol. The number of carbonyl (C=O) groups is 1. The summed E-state index contributed by atoms with van der Waals surface area (Å²) in [4.78, 5) is 10.8. The number of halogens is 2. The zero-order valence-electron chi connectivity index (χ0n) is 8.18. The average molecular weight is 198 g/mol. The lowest BCUT2D eigenvalue weighted by Gasteiger charge is -2.10. The van der Waals surface area contributed by atoms with Crippen LogP contribution in [0.4, 0.5) is 8.78 Å². The van der Waals surface area contributed by atoms with Crippen LogP contribution < -0.4 is 0 Å². The van der Waals surface area contributed by atoms with Gasteiger partial charge in [0.2, 0.25) is 0 Å². The molecule has 0 bridgehead atoms. The molecule has 0 aromatic heterocycles. The Balaban J connectivity index is 2.95. The van der Waals surface area contributed by atoms with Crippen molar-refractivity contribution in [3.05, 3.63) is 35.4 Å². The van der Waals surface area contributed by atoms with Crippen molar-refractivity contribution < 1.29 is 13.6 Å². The number of carbonyl (C=O) groups excluding carboxylic acids is 1. The third kappa shape index (κ3) is 2.37. The number of hydrogen-bond donors (Lipinski definition) is 0. The van der Waals surface area contributed by atoms with Gasteiger partial charge in [0.1, 0.15) is 5.78 Å². The second-order valence-corrected chi connectivity index (χ2v) is 3.45. The number of Topliss-reactive ketones (excluding diaryl/α,β-unsaturated/α-hetero) is 1. The molecule has 0 aliphatic heterocycles. The summed E-state index contributed by atoms with van der Waals surface area (Å²) in [5, 5.41) is 0. The Bertz CT molecular complexity index is 347. The topological polar surface area (TPSA) is 17.1 Å². The fourth-order valence-electron chi connectivity index (χ4n) is 1.44. The molecule has 14 heavy (non-hydrogen) atoms. The van der Waals surface area contributed by atoms with Gasteiger partial charge in [-0.3, -0.25) is 0 Å². The largest absolute Gasteiger partial charge is 0.300 e. The number of benzene rings is 1. The van der Waals surface area contributed by atoms with Crippen LogP contribution >= 0.6 is 0 Å². The molecule has 1 aromatic rings. The van der Waals surface area contributed by atoms with Crippen LogP contribution in [0.15, 0.2) is 18.2 Å². The first-order chi connectivity index (χ1) is 6.52.